The van der Waals surface area contributed by atoms with Crippen LogP contribution in [-0.2, 0) is 20.2 Å². The van der Waals surface area contributed by atoms with Gasteiger partial charge in [-0.2, -0.15) is 0 Å². The van der Waals surface area contributed by atoms with Gasteiger partial charge in [-0.05, 0) is 10.1 Å². The van der Waals surface area contributed by atoms with E-state index in [0.29, 0.717) is 0 Å². The van der Waals surface area contributed by atoms with E-state index in [2.05, 4.69) is 20.2 Å². The smallest absolute Gasteiger partial charge is 0.689 e. The molecule has 0 radical (unpaired) electrons. The molecule has 8 heteroatoms. The second-order valence-electron chi connectivity index (χ2n) is 0.272. The minimum Gasteiger partial charge on any atom is -0.689 e. The van der Waals surface area contributed by atoms with Gasteiger partial charge in [0.15, 0.2) is 0 Å². The quantitative estimate of drug-likeness (QED) is 0.282. The molecule has 0 heterocycles. The van der Waals surface area contributed by atoms with Crippen LogP contribution in [0.1, 0.15) is 0 Å². The molecule has 0 fully saturated rings. The molecular formula is Cs2O6. The van der Waals surface area contributed by atoms with Crippen molar-refractivity contribution in [3.05, 3.63) is 0 Å². The van der Waals surface area contributed by atoms with Crippen LogP contribution in [0.3, 0.4) is 0 Å². The molecule has 0 N–H and O–H groups in total. The third kappa shape index (κ3) is 16.4. The first-order chi connectivity index (χ1) is 2.91. The monoisotopic (exact) mass is 362 g/mol. The van der Waals surface area contributed by atoms with Crippen LogP contribution >= 0.6 is 0 Å². The average Bonchev–Trinajstić information content (AvgIpc) is 1.61. The summed E-state index contributed by atoms with van der Waals surface area (Å²) in [4.78, 5) is 0. The summed E-state index contributed by atoms with van der Waals surface area (Å²) >= 11 is 0. The molecule has 0 rings (SSSR count). The molecule has 0 aliphatic rings. The predicted molar refractivity (Wildman–Crippen MR) is 4.34 cm³/mol. The van der Waals surface area contributed by atoms with E-state index in [1.165, 1.54) is 0 Å². The zero-order valence-electron chi connectivity index (χ0n) is 4.45. The van der Waals surface area contributed by atoms with Crippen molar-refractivity contribution in [2.45, 2.75) is 0 Å². The maximum atomic E-state index is 8.62. The van der Waals surface area contributed by atoms with E-state index in [4.69, 9.17) is 10.5 Å². The minimum absolute atomic E-state index is 0. The topological polar surface area (TPSA) is 83.0 Å². The van der Waals surface area contributed by atoms with Crippen molar-refractivity contribution in [1.29, 1.82) is 0 Å². The molecule has 0 saturated carbocycles. The number of hydrogen-bond acceptors (Lipinski definition) is 6. The molecule has 0 aliphatic heterocycles. The maximum Gasteiger partial charge on any atom is 1.00 e. The van der Waals surface area contributed by atoms with Crippen LogP contribution in [0.4, 0.5) is 0 Å². The third-order valence-electron chi connectivity index (χ3n) is 0.0833. The van der Waals surface area contributed by atoms with Gasteiger partial charge in [-0.1, -0.05) is 0 Å². The molecule has 0 aromatic rings. The number of rotatable bonds is 3. The summed E-state index contributed by atoms with van der Waals surface area (Å²) < 4.78 is 0. The van der Waals surface area contributed by atoms with Gasteiger partial charge in [0.1, 0.15) is 0 Å². The Hall–Kier alpha value is 3.86. The van der Waals surface area contributed by atoms with Gasteiger partial charge in [-0.3, -0.25) is 10.1 Å². The Balaban J connectivity index is -0.000000125. The molecule has 6 nitrogen and oxygen atoms in total. The SMILES string of the molecule is [Cs+].[Cs+].[O-]OOOO[O-]. The van der Waals surface area contributed by atoms with Crippen molar-refractivity contribution >= 4 is 0 Å². The van der Waals surface area contributed by atoms with E-state index in [1.807, 2.05) is 0 Å². The fraction of sp³-hybridized carbons (Fsp3) is 0. The number of hydrogen-bond donors (Lipinski definition) is 0. The molecule has 0 unspecified atom stereocenters. The Morgan fingerprint density at radius 3 is 1.12 bits per heavy atom. The minimum atomic E-state index is 0. The Morgan fingerprint density at radius 2 is 1.00 bits per heavy atom. The zero-order chi connectivity index (χ0) is 4.83. The second kappa shape index (κ2) is 17.1. The largest absolute Gasteiger partial charge is 1.00 e. The van der Waals surface area contributed by atoms with Gasteiger partial charge in [0.05, 0.1) is 0 Å². The summed E-state index contributed by atoms with van der Waals surface area (Å²) in [5.41, 5.74) is 0. The van der Waals surface area contributed by atoms with E-state index in [-0.39, 0.29) is 138 Å². The summed E-state index contributed by atoms with van der Waals surface area (Å²) in [5, 5.41) is 28.0. The second-order valence-corrected chi connectivity index (χ2v) is 0.272. The zero-order valence-corrected chi connectivity index (χ0v) is 17.0. The summed E-state index contributed by atoms with van der Waals surface area (Å²) in [6, 6.07) is 0. The Bertz CT molecular complexity index is 18.5. The van der Waals surface area contributed by atoms with Gasteiger partial charge >= 0.3 is 138 Å². The molecule has 0 aliphatic carbocycles. The first-order valence-corrected chi connectivity index (χ1v) is 0.833. The van der Waals surface area contributed by atoms with Crippen LogP contribution in [0.5, 0.6) is 0 Å². The molecule has 0 amide bonds. The Labute approximate surface area is 163 Å². The van der Waals surface area contributed by atoms with Crippen molar-refractivity contribution in [3.63, 3.8) is 0 Å². The third-order valence-corrected chi connectivity index (χ3v) is 0.0833. The van der Waals surface area contributed by atoms with Gasteiger partial charge in [-0.15, -0.1) is 0 Å². The fourth-order valence-electron chi connectivity index (χ4n) is 0.0227. The molecule has 0 atom stereocenters. The van der Waals surface area contributed by atoms with Gasteiger partial charge in [0.2, 0.25) is 0 Å². The van der Waals surface area contributed by atoms with Crippen LogP contribution in [-0.4, -0.2) is 0 Å². The molecule has 38 valence electrons. The van der Waals surface area contributed by atoms with E-state index >= 15 is 0 Å². The van der Waals surface area contributed by atoms with Crippen molar-refractivity contribution in [3.8, 4) is 0 Å². The standard InChI is InChI=1S/2Cs.H2O6/c;;1-3-5-6-4-2/h;;1-2H/q2*+1;/p-2. The molecule has 0 spiro atoms. The summed E-state index contributed by atoms with van der Waals surface area (Å²) in [6.07, 6.45) is 0. The molecule has 0 saturated heterocycles. The van der Waals surface area contributed by atoms with Crippen LogP contribution in [0.2, 0.25) is 0 Å². The van der Waals surface area contributed by atoms with Crippen molar-refractivity contribution < 1.29 is 168 Å². The van der Waals surface area contributed by atoms with Crippen molar-refractivity contribution in [1.82, 2.24) is 0 Å². The Kier molecular flexibility index (Phi) is 38.1. The predicted octanol–water partition coefficient (Wildman–Crippen LogP) is -8.64. The van der Waals surface area contributed by atoms with Gasteiger partial charge in [0, 0.05) is 0 Å². The average molecular weight is 362 g/mol. The van der Waals surface area contributed by atoms with Gasteiger partial charge < -0.3 is 10.5 Å². The molecule has 0 aromatic carbocycles. The molecule has 0 bridgehead atoms. The van der Waals surface area contributed by atoms with Crippen LogP contribution in [0.15, 0.2) is 0 Å². The van der Waals surface area contributed by atoms with E-state index in [1.54, 1.807) is 0 Å². The van der Waals surface area contributed by atoms with Crippen LogP contribution in [0, 0.1) is 0 Å². The fourth-order valence-corrected chi connectivity index (χ4v) is 0.0227. The molecule has 0 aromatic heterocycles. The summed E-state index contributed by atoms with van der Waals surface area (Å²) in [6.45, 7) is 0. The first-order valence-electron chi connectivity index (χ1n) is 0.833. The first kappa shape index (κ1) is 17.8. The normalized spacial score (nSPS) is 6.75. The van der Waals surface area contributed by atoms with Gasteiger partial charge in [0.25, 0.3) is 0 Å². The van der Waals surface area contributed by atoms with E-state index < -0.39 is 0 Å². The van der Waals surface area contributed by atoms with Gasteiger partial charge in [-0.25, -0.2) is 0 Å². The Morgan fingerprint density at radius 1 is 0.750 bits per heavy atom. The summed E-state index contributed by atoms with van der Waals surface area (Å²) in [5.74, 6) is 0. The van der Waals surface area contributed by atoms with Crippen LogP contribution in [0.25, 0.3) is 0 Å². The molecular weight excluding hydrogens is 362 g/mol. The molecule has 8 heavy (non-hydrogen) atoms. The maximum absolute atomic E-state index is 8.62. The summed E-state index contributed by atoms with van der Waals surface area (Å²) in [7, 11) is 0. The van der Waals surface area contributed by atoms with Crippen LogP contribution < -0.4 is 148 Å². The van der Waals surface area contributed by atoms with E-state index in [9.17, 15) is 0 Å². The van der Waals surface area contributed by atoms with Crippen molar-refractivity contribution in [2.75, 3.05) is 0 Å². The van der Waals surface area contributed by atoms with Crippen molar-refractivity contribution in [2.24, 2.45) is 0 Å². The van der Waals surface area contributed by atoms with E-state index in [0.717, 1.165) is 0 Å².